The molecule has 1 aliphatic rings. The van der Waals surface area contributed by atoms with E-state index < -0.39 is 6.10 Å². The van der Waals surface area contributed by atoms with E-state index >= 15 is 0 Å². The van der Waals surface area contributed by atoms with Crippen molar-refractivity contribution in [2.45, 2.75) is 46.1 Å². The van der Waals surface area contributed by atoms with Gasteiger partial charge in [0.25, 0.3) is 0 Å². The van der Waals surface area contributed by atoms with Crippen LogP contribution in [0.5, 0.6) is 5.75 Å². The van der Waals surface area contributed by atoms with Gasteiger partial charge in [0.2, 0.25) is 0 Å². The lowest BCUT2D eigenvalue weighted by molar-refractivity contribution is 0.105. The fraction of sp³-hybridized carbons (Fsp3) is 0.700. The van der Waals surface area contributed by atoms with Crippen LogP contribution in [0, 0.1) is 5.92 Å². The number of nitrogens with one attached hydrogen (secondary N) is 1. The van der Waals surface area contributed by atoms with E-state index in [0.29, 0.717) is 19.1 Å². The molecule has 1 fully saturated rings. The summed E-state index contributed by atoms with van der Waals surface area (Å²) in [6, 6.07) is 6.17. The quantitative estimate of drug-likeness (QED) is 0.839. The Morgan fingerprint density at radius 1 is 1.21 bits per heavy atom. The van der Waals surface area contributed by atoms with Gasteiger partial charge < -0.3 is 15.2 Å². The minimum Gasteiger partial charge on any atom is -0.493 e. The summed E-state index contributed by atoms with van der Waals surface area (Å²) in [4.78, 5) is 2.32. The van der Waals surface area contributed by atoms with Gasteiger partial charge in [-0.25, -0.2) is 0 Å². The molecular weight excluding hydrogens is 300 g/mol. The van der Waals surface area contributed by atoms with Crippen LogP contribution >= 0.6 is 0 Å². The molecule has 4 nitrogen and oxygen atoms in total. The Balaban J connectivity index is 2.15. The highest BCUT2D eigenvalue weighted by Crippen LogP contribution is 2.34. The van der Waals surface area contributed by atoms with Gasteiger partial charge in [-0.1, -0.05) is 40.7 Å². The lowest BCUT2D eigenvalue weighted by Gasteiger charge is -2.30. The molecule has 1 atom stereocenters. The molecule has 1 aromatic rings. The SMILES string of the molecule is CC(C)COc1ccc(C(O)CN2CCNCC2)cc1C(C)(C)C. The maximum Gasteiger partial charge on any atom is 0.123 e. The van der Waals surface area contributed by atoms with Crippen molar-refractivity contribution in [3.05, 3.63) is 29.3 Å². The standard InChI is InChI=1S/C20H34N2O2/c1-15(2)14-24-19-7-6-16(12-17(19)20(3,4)5)18(23)13-22-10-8-21-9-11-22/h6-7,12,15,18,21,23H,8-11,13-14H2,1-5H3. The Hall–Kier alpha value is -1.10. The van der Waals surface area contributed by atoms with Crippen LogP contribution in [0.3, 0.4) is 0 Å². The zero-order valence-corrected chi connectivity index (χ0v) is 15.9. The number of aliphatic hydroxyl groups is 1. The number of ether oxygens (including phenoxy) is 1. The molecule has 1 saturated heterocycles. The number of aliphatic hydroxyl groups excluding tert-OH is 1. The van der Waals surface area contributed by atoms with E-state index in [1.54, 1.807) is 0 Å². The third-order valence-corrected chi connectivity index (χ3v) is 4.41. The van der Waals surface area contributed by atoms with Crippen LogP contribution in [0.25, 0.3) is 0 Å². The summed E-state index contributed by atoms with van der Waals surface area (Å²) in [5, 5.41) is 14.0. The van der Waals surface area contributed by atoms with E-state index in [2.05, 4.69) is 50.9 Å². The second kappa shape index (κ2) is 8.32. The summed E-state index contributed by atoms with van der Waals surface area (Å²) in [6.07, 6.45) is -0.455. The largest absolute Gasteiger partial charge is 0.493 e. The van der Waals surface area contributed by atoms with E-state index in [0.717, 1.165) is 37.5 Å². The minimum absolute atomic E-state index is 0.0168. The molecule has 0 saturated carbocycles. The van der Waals surface area contributed by atoms with Crippen LogP contribution in [0.15, 0.2) is 18.2 Å². The molecule has 1 heterocycles. The van der Waals surface area contributed by atoms with Gasteiger partial charge in [0, 0.05) is 32.7 Å². The second-order valence-corrected chi connectivity index (χ2v) is 8.28. The van der Waals surface area contributed by atoms with E-state index in [1.807, 2.05) is 12.1 Å². The lowest BCUT2D eigenvalue weighted by Crippen LogP contribution is -2.44. The number of hydrogen-bond donors (Lipinski definition) is 2. The van der Waals surface area contributed by atoms with Crippen molar-refractivity contribution in [2.24, 2.45) is 5.92 Å². The highest BCUT2D eigenvalue weighted by atomic mass is 16.5. The summed E-state index contributed by atoms with van der Waals surface area (Å²) < 4.78 is 6.01. The fourth-order valence-electron chi connectivity index (χ4n) is 2.97. The Kier molecular flexibility index (Phi) is 6.67. The molecule has 0 bridgehead atoms. The smallest absolute Gasteiger partial charge is 0.123 e. The highest BCUT2D eigenvalue weighted by molar-refractivity contribution is 5.42. The molecule has 0 spiro atoms. The highest BCUT2D eigenvalue weighted by Gasteiger charge is 2.22. The summed E-state index contributed by atoms with van der Waals surface area (Å²) in [5.74, 6) is 1.44. The van der Waals surface area contributed by atoms with Gasteiger partial charge in [0.05, 0.1) is 12.7 Å². The van der Waals surface area contributed by atoms with Gasteiger partial charge in [-0.3, -0.25) is 4.90 Å². The molecule has 0 aliphatic carbocycles. The van der Waals surface area contributed by atoms with Gasteiger partial charge in [0.15, 0.2) is 0 Å². The monoisotopic (exact) mass is 334 g/mol. The van der Waals surface area contributed by atoms with Crippen molar-refractivity contribution in [2.75, 3.05) is 39.3 Å². The van der Waals surface area contributed by atoms with Crippen LogP contribution in [0.2, 0.25) is 0 Å². The summed E-state index contributed by atoms with van der Waals surface area (Å²) in [6.45, 7) is 16.3. The van der Waals surface area contributed by atoms with Crippen LogP contribution in [-0.4, -0.2) is 49.3 Å². The van der Waals surface area contributed by atoms with Crippen molar-refractivity contribution in [1.82, 2.24) is 10.2 Å². The lowest BCUT2D eigenvalue weighted by atomic mass is 9.84. The number of hydrogen-bond acceptors (Lipinski definition) is 4. The molecule has 1 aromatic carbocycles. The number of piperazine rings is 1. The zero-order valence-electron chi connectivity index (χ0n) is 15.9. The molecule has 2 N–H and O–H groups in total. The average molecular weight is 335 g/mol. The first kappa shape index (κ1) is 19.2. The van der Waals surface area contributed by atoms with E-state index in [-0.39, 0.29) is 5.41 Å². The first-order valence-corrected chi connectivity index (χ1v) is 9.15. The third kappa shape index (κ3) is 5.47. The molecule has 0 aromatic heterocycles. The number of rotatable bonds is 6. The van der Waals surface area contributed by atoms with E-state index in [9.17, 15) is 5.11 Å². The molecule has 24 heavy (non-hydrogen) atoms. The van der Waals surface area contributed by atoms with Crippen LogP contribution in [0.1, 0.15) is 51.8 Å². The van der Waals surface area contributed by atoms with Gasteiger partial charge >= 0.3 is 0 Å². The molecule has 2 rings (SSSR count). The zero-order chi connectivity index (χ0) is 17.7. The third-order valence-electron chi connectivity index (χ3n) is 4.41. The van der Waals surface area contributed by atoms with Crippen LogP contribution in [-0.2, 0) is 5.41 Å². The van der Waals surface area contributed by atoms with Gasteiger partial charge in [-0.2, -0.15) is 0 Å². The molecule has 4 heteroatoms. The molecular formula is C20H34N2O2. The predicted octanol–water partition coefficient (Wildman–Crippen LogP) is 2.96. The van der Waals surface area contributed by atoms with E-state index in [1.165, 1.54) is 5.56 Å². The van der Waals surface area contributed by atoms with Crippen molar-refractivity contribution in [1.29, 1.82) is 0 Å². The number of nitrogens with zero attached hydrogens (tertiary/aromatic N) is 1. The molecule has 0 amide bonds. The van der Waals surface area contributed by atoms with Crippen LogP contribution < -0.4 is 10.1 Å². The average Bonchev–Trinajstić information content (AvgIpc) is 2.52. The molecule has 136 valence electrons. The Morgan fingerprint density at radius 3 is 2.46 bits per heavy atom. The van der Waals surface area contributed by atoms with Crippen molar-refractivity contribution in [3.8, 4) is 5.75 Å². The van der Waals surface area contributed by atoms with Crippen molar-refractivity contribution in [3.63, 3.8) is 0 Å². The van der Waals surface area contributed by atoms with E-state index in [4.69, 9.17) is 4.74 Å². The Labute approximate surface area is 147 Å². The summed E-state index contributed by atoms with van der Waals surface area (Å²) >= 11 is 0. The normalized spacial score (nSPS) is 18.0. The number of benzene rings is 1. The van der Waals surface area contributed by atoms with Gasteiger partial charge in [-0.15, -0.1) is 0 Å². The Bertz CT molecular complexity index is 517. The van der Waals surface area contributed by atoms with Crippen molar-refractivity contribution >= 4 is 0 Å². The van der Waals surface area contributed by atoms with Gasteiger partial charge in [0.1, 0.15) is 5.75 Å². The molecule has 1 aliphatic heterocycles. The van der Waals surface area contributed by atoms with Gasteiger partial charge in [-0.05, 0) is 34.6 Å². The maximum absolute atomic E-state index is 10.7. The summed E-state index contributed by atoms with van der Waals surface area (Å²) in [5.41, 5.74) is 2.13. The Morgan fingerprint density at radius 2 is 1.88 bits per heavy atom. The summed E-state index contributed by atoms with van der Waals surface area (Å²) in [7, 11) is 0. The first-order valence-electron chi connectivity index (χ1n) is 9.15. The maximum atomic E-state index is 10.7. The van der Waals surface area contributed by atoms with Crippen LogP contribution in [0.4, 0.5) is 0 Å². The fourth-order valence-corrected chi connectivity index (χ4v) is 2.97. The first-order chi connectivity index (χ1) is 11.3. The second-order valence-electron chi connectivity index (χ2n) is 8.28. The predicted molar refractivity (Wildman–Crippen MR) is 99.7 cm³/mol. The number of β-amino-alcohol motifs (C(OH)–C–C–N with tert-alkyl or cyclic N) is 1. The molecule has 0 radical (unpaired) electrons. The van der Waals surface area contributed by atoms with Crippen molar-refractivity contribution < 1.29 is 9.84 Å². The topological polar surface area (TPSA) is 44.7 Å². The molecule has 1 unspecified atom stereocenters. The minimum atomic E-state index is -0.455.